The number of carbonyl (C=O) groups excluding carboxylic acids is 1. The van der Waals surface area contributed by atoms with E-state index in [4.69, 9.17) is 0 Å². The summed E-state index contributed by atoms with van der Waals surface area (Å²) in [5.41, 5.74) is 1.53. The number of Topliss-reactive ketones (excluding diaryl/α,β-unsaturated/α-hetero) is 1. The Morgan fingerprint density at radius 1 is 1.27 bits per heavy atom. The second kappa shape index (κ2) is 4.40. The molecule has 1 aromatic carbocycles. The second-order valence-corrected chi connectivity index (χ2v) is 5.74. The zero-order valence-electron chi connectivity index (χ0n) is 11.8. The van der Waals surface area contributed by atoms with Crippen molar-refractivity contribution in [3.05, 3.63) is 53.9 Å². The number of benzene rings is 1. The van der Waals surface area contributed by atoms with Crippen LogP contribution in [0.5, 0.6) is 0 Å². The van der Waals surface area contributed by atoms with Gasteiger partial charge in [-0.15, -0.1) is 0 Å². The maximum absolute atomic E-state index is 12.7. The zero-order valence-corrected chi connectivity index (χ0v) is 11.8. The number of carboxylic acid groups (broad SMARTS) is 1. The van der Waals surface area contributed by atoms with Crippen molar-refractivity contribution in [3.63, 3.8) is 0 Å². The Bertz CT molecular complexity index is 821. The average Bonchev–Trinajstić information content (AvgIpc) is 3.20. The fourth-order valence-electron chi connectivity index (χ4n) is 3.81. The van der Waals surface area contributed by atoms with E-state index >= 15 is 0 Å². The quantitative estimate of drug-likeness (QED) is 0.878. The molecule has 1 N–H and O–H groups in total. The summed E-state index contributed by atoms with van der Waals surface area (Å²) < 4.78 is 1.21. The minimum atomic E-state index is -1.03. The van der Waals surface area contributed by atoms with E-state index in [1.165, 1.54) is 10.8 Å². The molecule has 2 aromatic rings. The topological polar surface area (TPSA) is 71.7 Å². The number of nitrogens with zero attached hydrogens (tertiary/aromatic N) is 2. The number of carbonyl (C=O) groups is 2. The normalized spacial score (nSPS) is 25.8. The molecule has 0 saturated heterocycles. The van der Waals surface area contributed by atoms with Crippen LogP contribution >= 0.6 is 0 Å². The van der Waals surface area contributed by atoms with Gasteiger partial charge < -0.3 is 5.11 Å². The molecule has 1 spiro atoms. The summed E-state index contributed by atoms with van der Waals surface area (Å²) >= 11 is 0. The molecule has 22 heavy (non-hydrogen) atoms. The van der Waals surface area contributed by atoms with Gasteiger partial charge in [0.1, 0.15) is 5.78 Å². The van der Waals surface area contributed by atoms with Gasteiger partial charge in [-0.1, -0.05) is 18.2 Å². The highest BCUT2D eigenvalue weighted by Crippen LogP contribution is 2.53. The lowest BCUT2D eigenvalue weighted by atomic mass is 9.72. The molecule has 2 atom stereocenters. The monoisotopic (exact) mass is 294 g/mol. The molecule has 2 heterocycles. The van der Waals surface area contributed by atoms with Gasteiger partial charge in [-0.25, -0.2) is 4.79 Å². The summed E-state index contributed by atoms with van der Waals surface area (Å²) in [6.45, 7) is 0. The molecule has 0 bridgehead atoms. The summed E-state index contributed by atoms with van der Waals surface area (Å²) in [5, 5.41) is 9.35. The van der Waals surface area contributed by atoms with Crippen LogP contribution < -0.4 is 0 Å². The van der Waals surface area contributed by atoms with E-state index in [2.05, 4.69) is 4.99 Å². The molecule has 2 aliphatic rings. The van der Waals surface area contributed by atoms with Crippen molar-refractivity contribution in [2.45, 2.75) is 24.2 Å². The number of rotatable bonds is 1. The first-order chi connectivity index (χ1) is 10.6. The van der Waals surface area contributed by atoms with Gasteiger partial charge in [-0.3, -0.25) is 14.4 Å². The molecule has 2 unspecified atom stereocenters. The van der Waals surface area contributed by atoms with Crippen LogP contribution in [-0.4, -0.2) is 27.8 Å². The highest BCUT2D eigenvalue weighted by Gasteiger charge is 2.54. The van der Waals surface area contributed by atoms with E-state index in [0.717, 1.165) is 11.3 Å². The fraction of sp³-hybridized carbons (Fsp3) is 0.235. The Labute approximate surface area is 126 Å². The maximum atomic E-state index is 12.7. The van der Waals surface area contributed by atoms with E-state index in [1.807, 2.05) is 24.3 Å². The number of para-hydroxylation sites is 1. The molecule has 1 aliphatic heterocycles. The minimum Gasteiger partial charge on any atom is -0.464 e. The summed E-state index contributed by atoms with van der Waals surface area (Å²) in [6.07, 6.45) is 3.28. The number of aromatic nitrogens is 1. The molecule has 0 radical (unpaired) electrons. The smallest absolute Gasteiger partial charge is 0.415 e. The van der Waals surface area contributed by atoms with Gasteiger partial charge >= 0.3 is 6.09 Å². The third kappa shape index (κ3) is 1.51. The Hall–Kier alpha value is -2.69. The van der Waals surface area contributed by atoms with Gasteiger partial charge in [-0.2, -0.15) is 0 Å². The van der Waals surface area contributed by atoms with Crippen LogP contribution in [0.3, 0.4) is 0 Å². The predicted octanol–water partition coefficient (Wildman–Crippen LogP) is 3.11. The second-order valence-electron chi connectivity index (χ2n) is 5.74. The van der Waals surface area contributed by atoms with Crippen molar-refractivity contribution in [2.24, 2.45) is 4.99 Å². The van der Waals surface area contributed by atoms with Crippen molar-refractivity contribution in [1.29, 1.82) is 0 Å². The number of aliphatic imine (C=N–C) groups is 1. The van der Waals surface area contributed by atoms with Gasteiger partial charge in [0.2, 0.25) is 0 Å². The first kappa shape index (κ1) is 13.0. The Balaban J connectivity index is 1.92. The van der Waals surface area contributed by atoms with Gasteiger partial charge in [0.05, 0.1) is 11.1 Å². The summed E-state index contributed by atoms with van der Waals surface area (Å²) in [5.74, 6) is -0.0807. The molecular formula is C17H14N2O3. The van der Waals surface area contributed by atoms with Crippen molar-refractivity contribution >= 4 is 23.8 Å². The highest BCUT2D eigenvalue weighted by molar-refractivity contribution is 6.12. The Morgan fingerprint density at radius 2 is 2.09 bits per heavy atom. The molecule has 4 rings (SSSR count). The first-order valence-corrected chi connectivity index (χ1v) is 7.23. The van der Waals surface area contributed by atoms with Crippen molar-refractivity contribution in [1.82, 2.24) is 4.57 Å². The average molecular weight is 294 g/mol. The van der Waals surface area contributed by atoms with E-state index in [-0.39, 0.29) is 11.7 Å². The van der Waals surface area contributed by atoms with Gasteiger partial charge in [0.15, 0.2) is 0 Å². The molecule has 0 amide bonds. The molecule has 110 valence electrons. The zero-order chi connectivity index (χ0) is 15.3. The van der Waals surface area contributed by atoms with Gasteiger partial charge in [0.25, 0.3) is 0 Å². The lowest BCUT2D eigenvalue weighted by Gasteiger charge is -2.28. The van der Waals surface area contributed by atoms with Crippen molar-refractivity contribution in [2.75, 3.05) is 0 Å². The van der Waals surface area contributed by atoms with E-state index in [1.54, 1.807) is 18.3 Å². The molecule has 1 aliphatic carbocycles. The number of ketones is 1. The number of hydrogen-bond donors (Lipinski definition) is 1. The summed E-state index contributed by atoms with van der Waals surface area (Å²) in [4.78, 5) is 28.5. The molecule has 1 aromatic heterocycles. The standard InChI is InChI=1S/C17H14N2O3/c20-15-8-7-12(14-6-3-9-19(14)16(21)22)17(15)10-18-13-5-2-1-4-11(13)17/h1-6,9-10,12H,7-8H2,(H,21,22). The van der Waals surface area contributed by atoms with E-state index in [9.17, 15) is 14.7 Å². The van der Waals surface area contributed by atoms with Gasteiger partial charge in [-0.05, 0) is 30.2 Å². The van der Waals surface area contributed by atoms with Crippen LogP contribution in [0.25, 0.3) is 0 Å². The van der Waals surface area contributed by atoms with Crippen LogP contribution in [0.15, 0.2) is 47.6 Å². The highest BCUT2D eigenvalue weighted by atomic mass is 16.4. The van der Waals surface area contributed by atoms with Crippen LogP contribution in [-0.2, 0) is 10.2 Å². The first-order valence-electron chi connectivity index (χ1n) is 7.23. The van der Waals surface area contributed by atoms with Crippen LogP contribution in [0.1, 0.15) is 30.0 Å². The van der Waals surface area contributed by atoms with Crippen molar-refractivity contribution in [3.8, 4) is 0 Å². The molecular weight excluding hydrogens is 280 g/mol. The summed E-state index contributed by atoms with van der Waals surface area (Å²) in [6, 6.07) is 11.1. The SMILES string of the molecule is O=C(O)n1cccc1C1CCC(=O)C12C=Nc1ccccc12. The van der Waals surface area contributed by atoms with Crippen molar-refractivity contribution < 1.29 is 14.7 Å². The van der Waals surface area contributed by atoms with E-state index in [0.29, 0.717) is 18.5 Å². The fourth-order valence-corrected chi connectivity index (χ4v) is 3.81. The minimum absolute atomic E-state index is 0.115. The largest absolute Gasteiger partial charge is 0.464 e. The molecule has 1 saturated carbocycles. The number of hydrogen-bond acceptors (Lipinski definition) is 3. The third-order valence-electron chi connectivity index (χ3n) is 4.77. The number of fused-ring (bicyclic) bond motifs is 2. The van der Waals surface area contributed by atoms with E-state index < -0.39 is 11.5 Å². The molecule has 1 fully saturated rings. The van der Waals surface area contributed by atoms with Gasteiger partial charge in [0, 0.05) is 30.4 Å². The van der Waals surface area contributed by atoms with Crippen LogP contribution in [0, 0.1) is 0 Å². The lowest BCUT2D eigenvalue weighted by molar-refractivity contribution is -0.120. The third-order valence-corrected chi connectivity index (χ3v) is 4.77. The molecule has 5 nitrogen and oxygen atoms in total. The Kier molecular flexibility index (Phi) is 2.60. The molecule has 5 heteroatoms. The summed E-state index contributed by atoms with van der Waals surface area (Å²) in [7, 11) is 0. The van der Waals surface area contributed by atoms with Crippen LogP contribution in [0.2, 0.25) is 0 Å². The maximum Gasteiger partial charge on any atom is 0.415 e. The predicted molar refractivity (Wildman–Crippen MR) is 81.1 cm³/mol. The Morgan fingerprint density at radius 3 is 2.91 bits per heavy atom. The lowest BCUT2D eigenvalue weighted by Crippen LogP contribution is -2.37. The van der Waals surface area contributed by atoms with Crippen LogP contribution in [0.4, 0.5) is 10.5 Å².